The number of nitrogens with zero attached hydrogens (tertiary/aromatic N) is 1. The average Bonchev–Trinajstić information content (AvgIpc) is 2.71. The van der Waals surface area contributed by atoms with Gasteiger partial charge in [0.1, 0.15) is 5.75 Å². The van der Waals surface area contributed by atoms with Crippen LogP contribution in [-0.4, -0.2) is 25.8 Å². The van der Waals surface area contributed by atoms with E-state index in [1.54, 1.807) is 7.11 Å². The summed E-state index contributed by atoms with van der Waals surface area (Å²) in [5, 5.41) is 2.64. The highest BCUT2D eigenvalue weighted by molar-refractivity contribution is 6.14. The van der Waals surface area contributed by atoms with Crippen LogP contribution in [0.2, 0.25) is 0 Å². The van der Waals surface area contributed by atoms with Crippen molar-refractivity contribution in [2.45, 2.75) is 6.54 Å². The lowest BCUT2D eigenvalue weighted by Crippen LogP contribution is -2.18. The number of hydrogen-bond acceptors (Lipinski definition) is 4. The van der Waals surface area contributed by atoms with Crippen LogP contribution in [0, 0.1) is 0 Å². The molecule has 1 heterocycles. The molecule has 0 aliphatic carbocycles. The van der Waals surface area contributed by atoms with Crippen molar-refractivity contribution in [3.8, 4) is 5.75 Å². The molecular weight excluding hydrogens is 230 g/mol. The smallest absolute Gasteiger partial charge is 0.254 e. The van der Waals surface area contributed by atoms with E-state index >= 15 is 0 Å². The van der Waals surface area contributed by atoms with Crippen molar-refractivity contribution >= 4 is 12.1 Å². The summed E-state index contributed by atoms with van der Waals surface area (Å²) in [6.45, 7) is 0.913. The summed E-state index contributed by atoms with van der Waals surface area (Å²) in [4.78, 5) is 15.6. The van der Waals surface area contributed by atoms with E-state index in [4.69, 9.17) is 10.5 Å². The number of ether oxygens (including phenoxy) is 1. The molecule has 0 radical (unpaired) electrons. The molecule has 1 aromatic rings. The van der Waals surface area contributed by atoms with E-state index in [2.05, 4.69) is 10.3 Å². The first-order valence-corrected chi connectivity index (χ1v) is 5.60. The summed E-state index contributed by atoms with van der Waals surface area (Å²) in [7, 11) is 1.63. The lowest BCUT2D eigenvalue weighted by Gasteiger charge is -2.00. The molecule has 5 heteroatoms. The number of aliphatic imine (C=N–C) groups is 1. The molecule has 0 bridgehead atoms. The Morgan fingerprint density at radius 1 is 1.44 bits per heavy atom. The SMILES string of the molecule is COc1ccc(CN=CC2=C(N)CNC2=O)cc1. The summed E-state index contributed by atoms with van der Waals surface area (Å²) in [5.41, 5.74) is 7.72. The number of nitrogens with two attached hydrogens (primary N) is 1. The Morgan fingerprint density at radius 2 is 2.17 bits per heavy atom. The van der Waals surface area contributed by atoms with Crippen LogP contribution in [0.25, 0.3) is 0 Å². The van der Waals surface area contributed by atoms with E-state index in [-0.39, 0.29) is 5.91 Å². The molecule has 1 aliphatic heterocycles. The fourth-order valence-electron chi connectivity index (χ4n) is 1.63. The Morgan fingerprint density at radius 3 is 2.72 bits per heavy atom. The van der Waals surface area contributed by atoms with E-state index in [0.717, 1.165) is 11.3 Å². The van der Waals surface area contributed by atoms with Crippen molar-refractivity contribution in [2.24, 2.45) is 10.7 Å². The van der Waals surface area contributed by atoms with Gasteiger partial charge in [0.05, 0.1) is 25.8 Å². The van der Waals surface area contributed by atoms with Crippen molar-refractivity contribution in [1.82, 2.24) is 5.32 Å². The minimum Gasteiger partial charge on any atom is -0.497 e. The first-order chi connectivity index (χ1) is 8.70. The second-order valence-electron chi connectivity index (χ2n) is 3.94. The molecule has 5 nitrogen and oxygen atoms in total. The number of carbonyl (C=O) groups is 1. The fourth-order valence-corrected chi connectivity index (χ4v) is 1.63. The molecule has 2 rings (SSSR count). The largest absolute Gasteiger partial charge is 0.497 e. The van der Waals surface area contributed by atoms with E-state index < -0.39 is 0 Å². The molecule has 0 fully saturated rings. The highest BCUT2D eigenvalue weighted by atomic mass is 16.5. The summed E-state index contributed by atoms with van der Waals surface area (Å²) in [6.07, 6.45) is 1.53. The van der Waals surface area contributed by atoms with Gasteiger partial charge in [0.2, 0.25) is 0 Å². The summed E-state index contributed by atoms with van der Waals surface area (Å²) < 4.78 is 5.07. The van der Waals surface area contributed by atoms with Crippen LogP contribution in [-0.2, 0) is 11.3 Å². The maximum Gasteiger partial charge on any atom is 0.254 e. The zero-order valence-electron chi connectivity index (χ0n) is 10.1. The molecule has 94 valence electrons. The van der Waals surface area contributed by atoms with Crippen molar-refractivity contribution in [1.29, 1.82) is 0 Å². The summed E-state index contributed by atoms with van der Waals surface area (Å²) in [5.74, 6) is 0.649. The molecule has 1 aromatic carbocycles. The van der Waals surface area contributed by atoms with E-state index in [9.17, 15) is 4.79 Å². The normalized spacial score (nSPS) is 15.3. The number of amides is 1. The van der Waals surface area contributed by atoms with Gasteiger partial charge in [0.15, 0.2) is 0 Å². The van der Waals surface area contributed by atoms with Gasteiger partial charge >= 0.3 is 0 Å². The molecule has 0 aromatic heterocycles. The minimum absolute atomic E-state index is 0.161. The zero-order chi connectivity index (χ0) is 13.0. The van der Waals surface area contributed by atoms with Gasteiger partial charge in [-0.3, -0.25) is 9.79 Å². The predicted molar refractivity (Wildman–Crippen MR) is 69.4 cm³/mol. The van der Waals surface area contributed by atoms with Crippen molar-refractivity contribution in [3.63, 3.8) is 0 Å². The van der Waals surface area contributed by atoms with Gasteiger partial charge in [-0.2, -0.15) is 0 Å². The van der Waals surface area contributed by atoms with E-state index in [1.165, 1.54) is 6.21 Å². The first-order valence-electron chi connectivity index (χ1n) is 5.60. The number of carbonyl (C=O) groups excluding carboxylic acids is 1. The third kappa shape index (κ3) is 2.68. The average molecular weight is 245 g/mol. The van der Waals surface area contributed by atoms with Gasteiger partial charge in [-0.15, -0.1) is 0 Å². The third-order valence-electron chi connectivity index (χ3n) is 2.68. The van der Waals surface area contributed by atoms with Crippen molar-refractivity contribution in [3.05, 3.63) is 41.1 Å². The molecule has 18 heavy (non-hydrogen) atoms. The molecule has 0 atom stereocenters. The van der Waals surface area contributed by atoms with Gasteiger partial charge < -0.3 is 15.8 Å². The lowest BCUT2D eigenvalue weighted by atomic mass is 10.2. The molecule has 1 aliphatic rings. The van der Waals surface area contributed by atoms with Crippen molar-refractivity contribution in [2.75, 3.05) is 13.7 Å². The Balaban J connectivity index is 1.98. The Hall–Kier alpha value is -2.30. The topological polar surface area (TPSA) is 76.7 Å². The number of benzene rings is 1. The van der Waals surface area contributed by atoms with Gasteiger partial charge in [-0.05, 0) is 17.7 Å². The van der Waals surface area contributed by atoms with Crippen molar-refractivity contribution < 1.29 is 9.53 Å². The number of hydrogen-bond donors (Lipinski definition) is 2. The number of nitrogens with one attached hydrogen (secondary N) is 1. The van der Waals surface area contributed by atoms with Gasteiger partial charge in [0.25, 0.3) is 5.91 Å². The molecule has 0 saturated carbocycles. The second-order valence-corrected chi connectivity index (χ2v) is 3.94. The maximum atomic E-state index is 11.4. The Labute approximate surface area is 105 Å². The van der Waals surface area contributed by atoms with Crippen LogP contribution in [0.3, 0.4) is 0 Å². The van der Waals surface area contributed by atoms with Crippen LogP contribution in [0.4, 0.5) is 0 Å². The lowest BCUT2D eigenvalue weighted by molar-refractivity contribution is -0.116. The minimum atomic E-state index is -0.161. The monoisotopic (exact) mass is 245 g/mol. The second kappa shape index (κ2) is 5.35. The standard InChI is InChI=1S/C13H15N3O2/c1-18-10-4-2-9(3-5-10)6-15-7-11-12(14)8-16-13(11)17/h2-5,7H,6,8,14H2,1H3,(H,16,17). The third-order valence-corrected chi connectivity index (χ3v) is 2.68. The van der Waals surface area contributed by atoms with Crippen LogP contribution >= 0.6 is 0 Å². The van der Waals surface area contributed by atoms with Crippen LogP contribution in [0.1, 0.15) is 5.56 Å². The van der Waals surface area contributed by atoms with Crippen LogP contribution in [0.15, 0.2) is 40.5 Å². The quantitative estimate of drug-likeness (QED) is 0.763. The zero-order valence-corrected chi connectivity index (χ0v) is 10.1. The molecule has 0 unspecified atom stereocenters. The highest BCUT2D eigenvalue weighted by Gasteiger charge is 2.17. The Bertz CT molecular complexity index is 503. The Kier molecular flexibility index (Phi) is 3.62. The van der Waals surface area contributed by atoms with E-state index in [0.29, 0.717) is 24.4 Å². The first kappa shape index (κ1) is 12.2. The molecular formula is C13H15N3O2. The van der Waals surface area contributed by atoms with E-state index in [1.807, 2.05) is 24.3 Å². The number of methoxy groups -OCH3 is 1. The molecule has 1 amide bonds. The number of rotatable bonds is 4. The van der Waals surface area contributed by atoms with Crippen LogP contribution < -0.4 is 15.8 Å². The maximum absolute atomic E-state index is 11.4. The van der Waals surface area contributed by atoms with Crippen LogP contribution in [0.5, 0.6) is 5.75 Å². The molecule has 0 saturated heterocycles. The molecule has 0 spiro atoms. The summed E-state index contributed by atoms with van der Waals surface area (Å²) >= 11 is 0. The summed E-state index contributed by atoms with van der Waals surface area (Å²) in [6, 6.07) is 7.62. The van der Waals surface area contributed by atoms with Gasteiger partial charge in [0, 0.05) is 11.9 Å². The predicted octanol–water partition coefficient (Wildman–Crippen LogP) is 0.609. The van der Waals surface area contributed by atoms with Gasteiger partial charge in [-0.25, -0.2) is 0 Å². The van der Waals surface area contributed by atoms with Gasteiger partial charge in [-0.1, -0.05) is 12.1 Å². The molecule has 3 N–H and O–H groups in total. The highest BCUT2D eigenvalue weighted by Crippen LogP contribution is 2.12. The fraction of sp³-hybridized carbons (Fsp3) is 0.231.